The number of hydrogen-bond donors (Lipinski definition) is 0. The number of nitrogens with zero attached hydrogens (tertiary/aromatic N) is 3. The van der Waals surface area contributed by atoms with Crippen LogP contribution in [0.2, 0.25) is 0 Å². The normalized spacial score (nSPS) is 10.8. The third-order valence-corrected chi connectivity index (χ3v) is 1.48. The summed E-state index contributed by atoms with van der Waals surface area (Å²) in [6, 6.07) is 0. The van der Waals surface area contributed by atoms with Crippen LogP contribution in [0.1, 0.15) is 5.76 Å². The second-order valence-corrected chi connectivity index (χ2v) is 2.38. The van der Waals surface area contributed by atoms with Crippen LogP contribution < -0.4 is 0 Å². The van der Waals surface area contributed by atoms with Crippen LogP contribution in [0.3, 0.4) is 0 Å². The second-order valence-electron chi connectivity index (χ2n) is 2.38. The SMILES string of the molecule is Cc1cn2cnc([N+](=O)[O-])c2o1. The Morgan fingerprint density at radius 2 is 2.50 bits per heavy atom. The van der Waals surface area contributed by atoms with E-state index in [1.165, 1.54) is 10.7 Å². The molecule has 6 nitrogen and oxygen atoms in total. The summed E-state index contributed by atoms with van der Waals surface area (Å²) in [6.45, 7) is 1.72. The van der Waals surface area contributed by atoms with E-state index in [0.717, 1.165) is 0 Å². The van der Waals surface area contributed by atoms with Gasteiger partial charge in [0, 0.05) is 0 Å². The van der Waals surface area contributed by atoms with E-state index in [4.69, 9.17) is 4.42 Å². The van der Waals surface area contributed by atoms with Gasteiger partial charge in [-0.2, -0.15) is 0 Å². The average molecular weight is 167 g/mol. The van der Waals surface area contributed by atoms with E-state index in [9.17, 15) is 10.1 Å². The Hall–Kier alpha value is -1.85. The lowest BCUT2D eigenvalue weighted by atomic mass is 10.6. The highest BCUT2D eigenvalue weighted by Gasteiger charge is 2.19. The molecule has 2 rings (SSSR count). The number of rotatable bonds is 1. The van der Waals surface area contributed by atoms with Gasteiger partial charge in [0.1, 0.15) is 5.76 Å². The van der Waals surface area contributed by atoms with Crippen molar-refractivity contribution >= 4 is 11.5 Å². The van der Waals surface area contributed by atoms with E-state index in [1.54, 1.807) is 13.1 Å². The summed E-state index contributed by atoms with van der Waals surface area (Å²) in [4.78, 5) is 13.3. The molecule has 0 bridgehead atoms. The number of aromatic nitrogens is 2. The molecule has 0 atom stereocenters. The summed E-state index contributed by atoms with van der Waals surface area (Å²) in [6.07, 6.45) is 2.99. The lowest BCUT2D eigenvalue weighted by Gasteiger charge is -1.84. The number of imidazole rings is 1. The van der Waals surface area contributed by atoms with Gasteiger partial charge in [-0.25, -0.2) is 4.40 Å². The van der Waals surface area contributed by atoms with Gasteiger partial charge in [0.15, 0.2) is 0 Å². The first kappa shape index (κ1) is 6.84. The van der Waals surface area contributed by atoms with E-state index in [0.29, 0.717) is 5.76 Å². The summed E-state index contributed by atoms with van der Waals surface area (Å²) in [5, 5.41) is 10.4. The van der Waals surface area contributed by atoms with Crippen LogP contribution in [0.4, 0.5) is 5.82 Å². The molecule has 0 N–H and O–H groups in total. The van der Waals surface area contributed by atoms with E-state index in [-0.39, 0.29) is 11.5 Å². The summed E-state index contributed by atoms with van der Waals surface area (Å²) >= 11 is 0. The Kier molecular flexibility index (Phi) is 1.18. The monoisotopic (exact) mass is 167 g/mol. The molecule has 0 aliphatic heterocycles. The maximum atomic E-state index is 10.4. The van der Waals surface area contributed by atoms with Gasteiger partial charge in [-0.15, -0.1) is 0 Å². The Balaban J connectivity index is 2.76. The van der Waals surface area contributed by atoms with Crippen molar-refractivity contribution in [3.8, 4) is 0 Å². The minimum atomic E-state index is -0.571. The lowest BCUT2D eigenvalue weighted by molar-refractivity contribution is -0.388. The molecule has 2 aromatic rings. The molecule has 62 valence electrons. The first-order valence-corrected chi connectivity index (χ1v) is 3.26. The average Bonchev–Trinajstić information content (AvgIpc) is 2.43. The number of nitro groups is 1. The molecule has 0 saturated carbocycles. The molecular weight excluding hydrogens is 162 g/mol. The molecular formula is C6H5N3O3. The van der Waals surface area contributed by atoms with Crippen molar-refractivity contribution in [2.75, 3.05) is 0 Å². The molecule has 0 fully saturated rings. The Labute approximate surface area is 66.6 Å². The predicted molar refractivity (Wildman–Crippen MR) is 38.8 cm³/mol. The highest BCUT2D eigenvalue weighted by atomic mass is 16.6. The zero-order chi connectivity index (χ0) is 8.72. The highest BCUT2D eigenvalue weighted by Crippen LogP contribution is 2.19. The number of fused-ring (bicyclic) bond motifs is 1. The molecule has 2 heterocycles. The van der Waals surface area contributed by atoms with E-state index >= 15 is 0 Å². The van der Waals surface area contributed by atoms with Crippen LogP contribution >= 0.6 is 0 Å². The smallest absolute Gasteiger partial charge is 0.427 e. The van der Waals surface area contributed by atoms with Crippen LogP contribution in [0.15, 0.2) is 16.9 Å². The van der Waals surface area contributed by atoms with Gasteiger partial charge >= 0.3 is 11.5 Å². The molecule has 2 aromatic heterocycles. The predicted octanol–water partition coefficient (Wildman–Crippen LogP) is 1.14. The Morgan fingerprint density at radius 1 is 1.75 bits per heavy atom. The summed E-state index contributed by atoms with van der Waals surface area (Å²) in [5.74, 6) is 0.374. The minimum absolute atomic E-state index is 0.178. The maximum Gasteiger partial charge on any atom is 0.427 e. The van der Waals surface area contributed by atoms with Gasteiger partial charge < -0.3 is 14.5 Å². The maximum absolute atomic E-state index is 10.4. The molecule has 0 spiro atoms. The van der Waals surface area contributed by atoms with Crippen LogP contribution in [-0.4, -0.2) is 14.3 Å². The van der Waals surface area contributed by atoms with Crippen molar-refractivity contribution in [1.29, 1.82) is 0 Å². The minimum Gasteiger partial charge on any atom is -0.437 e. The highest BCUT2D eigenvalue weighted by molar-refractivity contribution is 5.51. The summed E-state index contributed by atoms with van der Waals surface area (Å²) < 4.78 is 6.54. The largest absolute Gasteiger partial charge is 0.437 e. The van der Waals surface area contributed by atoms with Crippen molar-refractivity contribution in [1.82, 2.24) is 9.38 Å². The van der Waals surface area contributed by atoms with Gasteiger partial charge in [-0.05, 0) is 16.8 Å². The molecule has 0 radical (unpaired) electrons. The van der Waals surface area contributed by atoms with E-state index in [2.05, 4.69) is 4.98 Å². The molecule has 0 aliphatic rings. The van der Waals surface area contributed by atoms with Crippen LogP contribution in [-0.2, 0) is 0 Å². The summed E-state index contributed by atoms with van der Waals surface area (Å²) in [5.41, 5.74) is 0.178. The fourth-order valence-corrected chi connectivity index (χ4v) is 1.03. The van der Waals surface area contributed by atoms with Crippen LogP contribution in [0, 0.1) is 17.0 Å². The molecule has 0 aliphatic carbocycles. The standard InChI is InChI=1S/C6H5N3O3/c1-4-2-8-3-7-5(9(10)11)6(8)12-4/h2-3H,1H3. The van der Waals surface area contributed by atoms with E-state index < -0.39 is 4.92 Å². The van der Waals surface area contributed by atoms with Crippen LogP contribution in [0.25, 0.3) is 5.71 Å². The quantitative estimate of drug-likeness (QED) is 0.471. The fraction of sp³-hybridized carbons (Fsp3) is 0.167. The third-order valence-electron chi connectivity index (χ3n) is 1.48. The van der Waals surface area contributed by atoms with Gasteiger partial charge in [-0.3, -0.25) is 0 Å². The number of oxazole rings is 1. The topological polar surface area (TPSA) is 73.6 Å². The van der Waals surface area contributed by atoms with Crippen molar-refractivity contribution in [2.24, 2.45) is 0 Å². The fourth-order valence-electron chi connectivity index (χ4n) is 1.03. The Morgan fingerprint density at radius 3 is 3.17 bits per heavy atom. The summed E-state index contributed by atoms with van der Waals surface area (Å²) in [7, 11) is 0. The van der Waals surface area contributed by atoms with Gasteiger partial charge in [0.2, 0.25) is 6.33 Å². The molecule has 0 amide bonds. The number of hydrogen-bond acceptors (Lipinski definition) is 4. The van der Waals surface area contributed by atoms with Crippen molar-refractivity contribution in [2.45, 2.75) is 6.92 Å². The Bertz CT molecular complexity index is 442. The van der Waals surface area contributed by atoms with Crippen molar-refractivity contribution in [3.63, 3.8) is 0 Å². The first-order chi connectivity index (χ1) is 5.68. The molecule has 12 heavy (non-hydrogen) atoms. The van der Waals surface area contributed by atoms with Crippen molar-refractivity contribution in [3.05, 3.63) is 28.4 Å². The molecule has 0 saturated heterocycles. The first-order valence-electron chi connectivity index (χ1n) is 3.26. The molecule has 6 heteroatoms. The number of aryl methyl sites for hydroxylation is 1. The molecule has 0 aromatic carbocycles. The lowest BCUT2D eigenvalue weighted by Crippen LogP contribution is -1.87. The molecule has 0 unspecified atom stereocenters. The third kappa shape index (κ3) is 0.777. The van der Waals surface area contributed by atoms with Gasteiger partial charge in [0.05, 0.1) is 6.20 Å². The van der Waals surface area contributed by atoms with Crippen LogP contribution in [0.5, 0.6) is 0 Å². The van der Waals surface area contributed by atoms with Crippen molar-refractivity contribution < 1.29 is 9.34 Å². The van der Waals surface area contributed by atoms with E-state index in [1.807, 2.05) is 0 Å². The van der Waals surface area contributed by atoms with Gasteiger partial charge in [0.25, 0.3) is 0 Å². The van der Waals surface area contributed by atoms with Gasteiger partial charge in [-0.1, -0.05) is 0 Å². The second kappa shape index (κ2) is 2.07. The zero-order valence-corrected chi connectivity index (χ0v) is 6.22. The zero-order valence-electron chi connectivity index (χ0n) is 6.22.